The number of fused-ring (bicyclic) bond motifs is 3. The predicted octanol–water partition coefficient (Wildman–Crippen LogP) is 5.49. The summed E-state index contributed by atoms with van der Waals surface area (Å²) in [6.07, 6.45) is -0.210. The van der Waals surface area contributed by atoms with Gasteiger partial charge in [-0.2, -0.15) is 0 Å². The van der Waals surface area contributed by atoms with Gasteiger partial charge in [-0.15, -0.1) is 0 Å². The standard InChI is InChI=1S/C23H22O3/c1-15-7-4-11-19-20-12-5-8-16(2)23(20)26-21(14-25-22(15)19)17-9-6-10-18(13-17)24-3/h4-13,21H,14H2,1-3H3. The van der Waals surface area contributed by atoms with E-state index in [1.54, 1.807) is 7.11 Å². The number of rotatable bonds is 2. The average molecular weight is 346 g/mol. The molecule has 26 heavy (non-hydrogen) atoms. The Kier molecular flexibility index (Phi) is 4.29. The molecule has 0 saturated heterocycles. The minimum Gasteiger partial charge on any atom is -0.497 e. The zero-order valence-corrected chi connectivity index (χ0v) is 15.3. The van der Waals surface area contributed by atoms with E-state index in [1.807, 2.05) is 18.2 Å². The summed E-state index contributed by atoms with van der Waals surface area (Å²) < 4.78 is 18.1. The number of ether oxygens (including phenoxy) is 3. The van der Waals surface area contributed by atoms with Gasteiger partial charge in [-0.3, -0.25) is 0 Å². The van der Waals surface area contributed by atoms with E-state index in [9.17, 15) is 0 Å². The molecular formula is C23H22O3. The Morgan fingerprint density at radius 1 is 0.846 bits per heavy atom. The first-order chi connectivity index (χ1) is 12.7. The lowest BCUT2D eigenvalue weighted by Gasteiger charge is -2.28. The van der Waals surface area contributed by atoms with E-state index >= 15 is 0 Å². The van der Waals surface area contributed by atoms with Crippen LogP contribution in [0.5, 0.6) is 17.2 Å². The summed E-state index contributed by atoms with van der Waals surface area (Å²) in [5.41, 5.74) is 5.42. The molecule has 0 bridgehead atoms. The lowest BCUT2D eigenvalue weighted by molar-refractivity contribution is 0.126. The van der Waals surface area contributed by atoms with Crippen molar-refractivity contribution in [3.8, 4) is 28.4 Å². The lowest BCUT2D eigenvalue weighted by atomic mass is 9.98. The van der Waals surface area contributed by atoms with Crippen LogP contribution in [0.4, 0.5) is 0 Å². The van der Waals surface area contributed by atoms with Crippen LogP contribution >= 0.6 is 0 Å². The topological polar surface area (TPSA) is 27.7 Å². The molecule has 0 fully saturated rings. The van der Waals surface area contributed by atoms with Crippen LogP contribution in [0.2, 0.25) is 0 Å². The molecule has 1 unspecified atom stereocenters. The summed E-state index contributed by atoms with van der Waals surface area (Å²) in [6, 6.07) is 20.4. The van der Waals surface area contributed by atoms with Crippen molar-refractivity contribution in [2.75, 3.05) is 13.7 Å². The SMILES string of the molecule is COc1cccc(C2COc3c(C)cccc3-c3cccc(C)c3O2)c1. The Balaban J connectivity index is 1.85. The van der Waals surface area contributed by atoms with Crippen LogP contribution in [0, 0.1) is 13.8 Å². The maximum atomic E-state index is 6.47. The zero-order chi connectivity index (χ0) is 18.1. The van der Waals surface area contributed by atoms with Gasteiger partial charge in [0.2, 0.25) is 0 Å². The van der Waals surface area contributed by atoms with Gasteiger partial charge in [0.05, 0.1) is 7.11 Å². The van der Waals surface area contributed by atoms with E-state index in [4.69, 9.17) is 14.2 Å². The van der Waals surface area contributed by atoms with Crippen molar-refractivity contribution in [3.63, 3.8) is 0 Å². The number of para-hydroxylation sites is 2. The lowest BCUT2D eigenvalue weighted by Crippen LogP contribution is -2.20. The summed E-state index contributed by atoms with van der Waals surface area (Å²) in [4.78, 5) is 0. The summed E-state index contributed by atoms with van der Waals surface area (Å²) in [6.45, 7) is 4.61. The molecule has 0 saturated carbocycles. The fourth-order valence-corrected chi connectivity index (χ4v) is 3.42. The molecule has 1 aliphatic heterocycles. The number of benzene rings is 3. The van der Waals surface area contributed by atoms with Gasteiger partial charge >= 0.3 is 0 Å². The van der Waals surface area contributed by atoms with Gasteiger partial charge in [-0.25, -0.2) is 0 Å². The molecule has 3 heteroatoms. The first kappa shape index (κ1) is 16.5. The minimum absolute atomic E-state index is 0.210. The number of hydrogen-bond donors (Lipinski definition) is 0. The second kappa shape index (κ2) is 6.75. The monoisotopic (exact) mass is 346 g/mol. The van der Waals surface area contributed by atoms with Gasteiger partial charge < -0.3 is 14.2 Å². The van der Waals surface area contributed by atoms with Gasteiger partial charge in [-0.1, -0.05) is 48.5 Å². The number of hydrogen-bond acceptors (Lipinski definition) is 3. The fourth-order valence-electron chi connectivity index (χ4n) is 3.42. The van der Waals surface area contributed by atoms with Crippen molar-refractivity contribution in [2.24, 2.45) is 0 Å². The predicted molar refractivity (Wildman–Crippen MR) is 103 cm³/mol. The molecule has 0 N–H and O–H groups in total. The van der Waals surface area contributed by atoms with Crippen molar-refractivity contribution >= 4 is 0 Å². The normalized spacial score (nSPS) is 15.6. The van der Waals surface area contributed by atoms with Crippen molar-refractivity contribution in [3.05, 3.63) is 77.4 Å². The summed E-state index contributed by atoms with van der Waals surface area (Å²) >= 11 is 0. The Hall–Kier alpha value is -2.94. The summed E-state index contributed by atoms with van der Waals surface area (Å²) in [5, 5.41) is 0. The minimum atomic E-state index is -0.210. The molecule has 4 rings (SSSR count). The van der Waals surface area contributed by atoms with Crippen molar-refractivity contribution in [2.45, 2.75) is 20.0 Å². The van der Waals surface area contributed by atoms with Gasteiger partial charge in [0.15, 0.2) is 6.10 Å². The molecular weight excluding hydrogens is 324 g/mol. The van der Waals surface area contributed by atoms with Crippen LogP contribution in [0.25, 0.3) is 11.1 Å². The molecule has 0 amide bonds. The molecule has 3 aromatic rings. The molecule has 1 heterocycles. The maximum absolute atomic E-state index is 6.47. The van der Waals surface area contributed by atoms with E-state index in [0.29, 0.717) is 6.61 Å². The molecule has 1 atom stereocenters. The number of methoxy groups -OCH3 is 1. The third kappa shape index (κ3) is 2.90. The largest absolute Gasteiger partial charge is 0.497 e. The second-order valence-corrected chi connectivity index (χ2v) is 6.60. The molecule has 132 valence electrons. The molecule has 3 aromatic carbocycles. The smallest absolute Gasteiger partial charge is 0.158 e. The highest BCUT2D eigenvalue weighted by molar-refractivity contribution is 5.78. The van der Waals surface area contributed by atoms with E-state index in [0.717, 1.165) is 45.1 Å². The Morgan fingerprint density at radius 3 is 2.23 bits per heavy atom. The van der Waals surface area contributed by atoms with E-state index < -0.39 is 0 Å². The molecule has 0 spiro atoms. The zero-order valence-electron chi connectivity index (χ0n) is 15.3. The molecule has 3 nitrogen and oxygen atoms in total. The van der Waals surface area contributed by atoms with E-state index in [1.165, 1.54) is 0 Å². The van der Waals surface area contributed by atoms with Crippen molar-refractivity contribution in [1.29, 1.82) is 0 Å². The van der Waals surface area contributed by atoms with Crippen LogP contribution in [0.15, 0.2) is 60.7 Å². The van der Waals surface area contributed by atoms with Crippen LogP contribution in [-0.2, 0) is 0 Å². The highest BCUT2D eigenvalue weighted by Crippen LogP contribution is 2.43. The van der Waals surface area contributed by atoms with Crippen LogP contribution in [0.1, 0.15) is 22.8 Å². The number of aryl methyl sites for hydroxylation is 2. The third-order valence-electron chi connectivity index (χ3n) is 4.82. The molecule has 1 aliphatic rings. The second-order valence-electron chi connectivity index (χ2n) is 6.60. The highest BCUT2D eigenvalue weighted by atomic mass is 16.5. The van der Waals surface area contributed by atoms with Crippen molar-refractivity contribution < 1.29 is 14.2 Å². The third-order valence-corrected chi connectivity index (χ3v) is 4.82. The Morgan fingerprint density at radius 2 is 1.50 bits per heavy atom. The van der Waals surface area contributed by atoms with Gasteiger partial charge in [0, 0.05) is 11.1 Å². The van der Waals surface area contributed by atoms with E-state index in [2.05, 4.69) is 56.3 Å². The highest BCUT2D eigenvalue weighted by Gasteiger charge is 2.24. The first-order valence-corrected chi connectivity index (χ1v) is 8.80. The Labute approximate surface area is 154 Å². The fraction of sp³-hybridized carbons (Fsp3) is 0.217. The maximum Gasteiger partial charge on any atom is 0.158 e. The van der Waals surface area contributed by atoms with E-state index in [-0.39, 0.29) is 6.10 Å². The average Bonchev–Trinajstić information content (AvgIpc) is 2.65. The van der Waals surface area contributed by atoms with Crippen LogP contribution < -0.4 is 14.2 Å². The summed E-state index contributed by atoms with van der Waals surface area (Å²) in [7, 11) is 1.67. The van der Waals surface area contributed by atoms with Gasteiger partial charge in [0.1, 0.15) is 23.9 Å². The first-order valence-electron chi connectivity index (χ1n) is 8.80. The molecule has 0 radical (unpaired) electrons. The van der Waals surface area contributed by atoms with Gasteiger partial charge in [0.25, 0.3) is 0 Å². The van der Waals surface area contributed by atoms with Crippen LogP contribution in [-0.4, -0.2) is 13.7 Å². The van der Waals surface area contributed by atoms with Crippen LogP contribution in [0.3, 0.4) is 0 Å². The van der Waals surface area contributed by atoms with Crippen molar-refractivity contribution in [1.82, 2.24) is 0 Å². The van der Waals surface area contributed by atoms with Gasteiger partial charge in [-0.05, 0) is 42.7 Å². The quantitative estimate of drug-likeness (QED) is 0.614. The summed E-state index contributed by atoms with van der Waals surface area (Å²) in [5.74, 6) is 2.65. The molecule has 0 aromatic heterocycles. The Bertz CT molecular complexity index is 946. The molecule has 0 aliphatic carbocycles.